The van der Waals surface area contributed by atoms with Gasteiger partial charge in [-0.3, -0.25) is 4.79 Å². The Hall–Kier alpha value is -1.16. The number of nitrogens with two attached hydrogens (primary N) is 1. The minimum absolute atomic E-state index is 0.0387. The van der Waals surface area contributed by atoms with Gasteiger partial charge in [-0.2, -0.15) is 0 Å². The largest absolute Gasteiger partial charge is 0.326 e. The Bertz CT molecular complexity index is 527. The number of rotatable bonds is 2. The molecule has 0 amide bonds. The minimum Gasteiger partial charge on any atom is -0.326 e. The van der Waals surface area contributed by atoms with Crippen molar-refractivity contribution in [2.75, 3.05) is 0 Å². The first-order chi connectivity index (χ1) is 9.20. The van der Waals surface area contributed by atoms with Crippen molar-refractivity contribution in [1.29, 1.82) is 0 Å². The summed E-state index contributed by atoms with van der Waals surface area (Å²) in [7, 11) is 0. The van der Waals surface area contributed by atoms with Crippen LogP contribution >= 0.6 is 0 Å². The second-order valence-corrected chi connectivity index (χ2v) is 6.96. The van der Waals surface area contributed by atoms with E-state index in [1.54, 1.807) is 6.33 Å². The lowest BCUT2D eigenvalue weighted by Gasteiger charge is -2.56. The fourth-order valence-corrected chi connectivity index (χ4v) is 5.48. The summed E-state index contributed by atoms with van der Waals surface area (Å²) < 4.78 is 0. The maximum atomic E-state index is 12.0. The predicted octanol–water partition coefficient (Wildman–Crippen LogP) is 1.70. The quantitative estimate of drug-likeness (QED) is 0.849. The van der Waals surface area contributed by atoms with E-state index in [9.17, 15) is 4.79 Å². The third-order valence-electron chi connectivity index (χ3n) is 5.69. The normalized spacial score (nSPS) is 39.7. The highest BCUT2D eigenvalue weighted by atomic mass is 16.1. The van der Waals surface area contributed by atoms with Gasteiger partial charge in [-0.25, -0.2) is 4.98 Å². The molecule has 4 heteroatoms. The van der Waals surface area contributed by atoms with E-state index in [0.717, 1.165) is 29.0 Å². The molecule has 0 atom stereocenters. The Balaban J connectivity index is 1.84. The first-order valence-corrected chi connectivity index (χ1v) is 7.47. The van der Waals surface area contributed by atoms with Gasteiger partial charge in [-0.1, -0.05) is 0 Å². The van der Waals surface area contributed by atoms with Gasteiger partial charge >= 0.3 is 0 Å². The summed E-state index contributed by atoms with van der Waals surface area (Å²) in [4.78, 5) is 19.2. The van der Waals surface area contributed by atoms with Crippen LogP contribution in [0.15, 0.2) is 11.1 Å². The Morgan fingerprint density at radius 2 is 1.79 bits per heavy atom. The van der Waals surface area contributed by atoms with E-state index in [-0.39, 0.29) is 11.0 Å². The van der Waals surface area contributed by atoms with Crippen LogP contribution in [0.4, 0.5) is 0 Å². The zero-order chi connectivity index (χ0) is 13.0. The molecule has 4 fully saturated rings. The van der Waals surface area contributed by atoms with Gasteiger partial charge in [0, 0.05) is 12.0 Å². The topological polar surface area (TPSA) is 71.8 Å². The molecule has 3 N–H and O–H groups in total. The highest BCUT2D eigenvalue weighted by molar-refractivity contribution is 5.29. The van der Waals surface area contributed by atoms with Crippen molar-refractivity contribution in [3.8, 4) is 0 Å². The molecule has 0 unspecified atom stereocenters. The SMILES string of the molecule is NCc1c(C23CC4CC(CC(C4)C2)C3)nc[nH]c1=O. The molecule has 0 radical (unpaired) electrons. The van der Waals surface area contributed by atoms with E-state index in [1.807, 2.05) is 0 Å². The Kier molecular flexibility index (Phi) is 2.40. The Morgan fingerprint density at radius 1 is 1.21 bits per heavy atom. The van der Waals surface area contributed by atoms with Crippen LogP contribution in [0.25, 0.3) is 0 Å². The molecule has 5 rings (SSSR count). The van der Waals surface area contributed by atoms with Crippen LogP contribution < -0.4 is 11.3 Å². The van der Waals surface area contributed by atoms with Crippen molar-refractivity contribution in [2.45, 2.75) is 50.5 Å². The molecule has 4 aliphatic rings. The molecule has 1 aromatic rings. The van der Waals surface area contributed by atoms with Gasteiger partial charge in [0.1, 0.15) is 0 Å². The summed E-state index contributed by atoms with van der Waals surface area (Å²) in [5.74, 6) is 2.58. The van der Waals surface area contributed by atoms with Crippen LogP contribution in [0.2, 0.25) is 0 Å². The average Bonchev–Trinajstić information content (AvgIpc) is 2.36. The minimum atomic E-state index is -0.0387. The second-order valence-electron chi connectivity index (χ2n) is 6.96. The number of aromatic nitrogens is 2. The molecule has 1 heterocycles. The van der Waals surface area contributed by atoms with Gasteiger partial charge in [0.15, 0.2) is 0 Å². The molecular formula is C15H21N3O. The van der Waals surface area contributed by atoms with E-state index in [1.165, 1.54) is 38.5 Å². The number of nitrogens with one attached hydrogen (secondary N) is 1. The molecule has 0 aliphatic heterocycles. The van der Waals surface area contributed by atoms with Gasteiger partial charge < -0.3 is 10.7 Å². The summed E-state index contributed by atoms with van der Waals surface area (Å²) in [5, 5.41) is 0. The van der Waals surface area contributed by atoms with Gasteiger partial charge in [0.2, 0.25) is 0 Å². The third kappa shape index (κ3) is 1.62. The molecule has 4 aliphatic carbocycles. The van der Waals surface area contributed by atoms with Crippen LogP contribution in [-0.2, 0) is 12.0 Å². The lowest BCUT2D eigenvalue weighted by atomic mass is 9.48. The van der Waals surface area contributed by atoms with Gasteiger partial charge in [-0.05, 0) is 56.3 Å². The third-order valence-corrected chi connectivity index (χ3v) is 5.69. The van der Waals surface area contributed by atoms with Crippen molar-refractivity contribution in [3.05, 3.63) is 27.9 Å². The fraction of sp³-hybridized carbons (Fsp3) is 0.733. The zero-order valence-corrected chi connectivity index (χ0v) is 11.2. The summed E-state index contributed by atoms with van der Waals surface area (Å²) in [6, 6.07) is 0. The van der Waals surface area contributed by atoms with Gasteiger partial charge in [-0.15, -0.1) is 0 Å². The summed E-state index contributed by atoms with van der Waals surface area (Å²) in [5.41, 5.74) is 7.69. The monoisotopic (exact) mass is 259 g/mol. The maximum Gasteiger partial charge on any atom is 0.255 e. The van der Waals surface area contributed by atoms with E-state index in [2.05, 4.69) is 9.97 Å². The molecule has 1 aromatic heterocycles. The molecule has 0 aromatic carbocycles. The van der Waals surface area contributed by atoms with E-state index < -0.39 is 0 Å². The lowest BCUT2D eigenvalue weighted by molar-refractivity contribution is -0.00775. The molecule has 102 valence electrons. The second kappa shape index (κ2) is 3.92. The van der Waals surface area contributed by atoms with Crippen LogP contribution in [-0.4, -0.2) is 9.97 Å². The number of aromatic amines is 1. The van der Waals surface area contributed by atoms with Gasteiger partial charge in [0.25, 0.3) is 5.56 Å². The first-order valence-electron chi connectivity index (χ1n) is 7.47. The molecule has 0 saturated heterocycles. The van der Waals surface area contributed by atoms with E-state index >= 15 is 0 Å². The zero-order valence-electron chi connectivity index (χ0n) is 11.2. The van der Waals surface area contributed by atoms with E-state index in [0.29, 0.717) is 6.54 Å². The number of H-pyrrole nitrogens is 1. The van der Waals surface area contributed by atoms with Crippen molar-refractivity contribution < 1.29 is 0 Å². The predicted molar refractivity (Wildman–Crippen MR) is 72.6 cm³/mol. The molecular weight excluding hydrogens is 238 g/mol. The number of hydrogen-bond acceptors (Lipinski definition) is 3. The highest BCUT2D eigenvalue weighted by Gasteiger charge is 2.53. The lowest BCUT2D eigenvalue weighted by Crippen LogP contribution is -2.50. The Labute approximate surface area is 112 Å². The van der Waals surface area contributed by atoms with Crippen molar-refractivity contribution >= 4 is 0 Å². The molecule has 4 nitrogen and oxygen atoms in total. The number of hydrogen-bond donors (Lipinski definition) is 2. The Morgan fingerprint density at radius 3 is 2.32 bits per heavy atom. The van der Waals surface area contributed by atoms with Crippen LogP contribution in [0.3, 0.4) is 0 Å². The fourth-order valence-electron chi connectivity index (χ4n) is 5.48. The van der Waals surface area contributed by atoms with Crippen molar-refractivity contribution in [2.24, 2.45) is 23.5 Å². The maximum absolute atomic E-state index is 12.0. The number of nitrogens with zero attached hydrogens (tertiary/aromatic N) is 1. The molecule has 0 spiro atoms. The summed E-state index contributed by atoms with van der Waals surface area (Å²) in [6.45, 7) is 0.306. The van der Waals surface area contributed by atoms with Gasteiger partial charge in [0.05, 0.1) is 17.6 Å². The summed E-state index contributed by atoms with van der Waals surface area (Å²) >= 11 is 0. The van der Waals surface area contributed by atoms with Crippen molar-refractivity contribution in [3.63, 3.8) is 0 Å². The summed E-state index contributed by atoms with van der Waals surface area (Å²) in [6.07, 6.45) is 9.45. The van der Waals surface area contributed by atoms with Crippen molar-refractivity contribution in [1.82, 2.24) is 9.97 Å². The van der Waals surface area contributed by atoms with Crippen LogP contribution in [0, 0.1) is 17.8 Å². The molecule has 4 saturated carbocycles. The molecule has 4 bridgehead atoms. The smallest absolute Gasteiger partial charge is 0.255 e. The van der Waals surface area contributed by atoms with Crippen LogP contribution in [0.5, 0.6) is 0 Å². The molecule has 19 heavy (non-hydrogen) atoms. The van der Waals surface area contributed by atoms with E-state index in [4.69, 9.17) is 5.73 Å². The standard InChI is InChI=1S/C15H21N3O/c16-7-12-13(17-8-18-14(12)19)15-4-9-1-10(5-15)3-11(2-9)6-15/h8-11H,1-7,16H2,(H,17,18,19). The average molecular weight is 259 g/mol. The van der Waals surface area contributed by atoms with Crippen LogP contribution in [0.1, 0.15) is 49.8 Å². The highest BCUT2D eigenvalue weighted by Crippen LogP contribution is 2.60. The first kappa shape index (κ1) is 11.6.